The highest BCUT2D eigenvalue weighted by molar-refractivity contribution is 7.08. The number of carbonyl (C=O) groups excluding carboxylic acids is 1. The van der Waals surface area contributed by atoms with Gasteiger partial charge in [-0.1, -0.05) is 0 Å². The van der Waals surface area contributed by atoms with Crippen LogP contribution >= 0.6 is 11.3 Å². The summed E-state index contributed by atoms with van der Waals surface area (Å²) < 4.78 is 1.71. The molecule has 0 aliphatic rings. The first kappa shape index (κ1) is 9.15. The Labute approximate surface area is 86.0 Å². The van der Waals surface area contributed by atoms with E-state index in [1.165, 1.54) is 11.3 Å². The molecule has 2 rings (SSSR count). The lowest BCUT2D eigenvalue weighted by Gasteiger charge is -2.01. The van der Waals surface area contributed by atoms with Crippen molar-refractivity contribution in [2.24, 2.45) is 0 Å². The second kappa shape index (κ2) is 3.75. The van der Waals surface area contributed by atoms with Crippen molar-refractivity contribution in [3.05, 3.63) is 40.3 Å². The fraction of sp³-hybridized carbons (Fsp3) is 0.200. The van der Waals surface area contributed by atoms with E-state index in [2.05, 4.69) is 5.10 Å². The molecule has 0 unspecified atom stereocenters. The molecule has 0 N–H and O–H groups in total. The first-order valence-corrected chi connectivity index (χ1v) is 5.36. The third kappa shape index (κ3) is 1.48. The Balaban J connectivity index is 2.36. The van der Waals surface area contributed by atoms with E-state index in [-0.39, 0.29) is 5.78 Å². The van der Waals surface area contributed by atoms with Crippen LogP contribution in [0.4, 0.5) is 0 Å². The molecule has 0 spiro atoms. The molecule has 72 valence electrons. The highest BCUT2D eigenvalue weighted by Crippen LogP contribution is 2.12. The molecule has 0 saturated heterocycles. The maximum Gasteiger partial charge on any atom is 0.211 e. The molecule has 0 fully saturated rings. The van der Waals surface area contributed by atoms with E-state index in [4.69, 9.17) is 0 Å². The standard InChI is InChI=1S/C10H10N2OS/c1-2-12-9(3-5-11-12)10(13)8-4-6-14-7-8/h3-7H,2H2,1H3. The fourth-order valence-corrected chi connectivity index (χ4v) is 1.96. The highest BCUT2D eigenvalue weighted by atomic mass is 32.1. The molecule has 14 heavy (non-hydrogen) atoms. The Morgan fingerprint density at radius 2 is 2.43 bits per heavy atom. The van der Waals surface area contributed by atoms with Gasteiger partial charge >= 0.3 is 0 Å². The summed E-state index contributed by atoms with van der Waals surface area (Å²) in [6, 6.07) is 3.59. The lowest BCUT2D eigenvalue weighted by molar-refractivity contribution is 0.102. The van der Waals surface area contributed by atoms with Crippen molar-refractivity contribution in [2.45, 2.75) is 13.5 Å². The molecule has 0 amide bonds. The summed E-state index contributed by atoms with van der Waals surface area (Å²) in [5.41, 5.74) is 1.40. The summed E-state index contributed by atoms with van der Waals surface area (Å²) in [6.07, 6.45) is 1.66. The Morgan fingerprint density at radius 3 is 3.07 bits per heavy atom. The molecule has 0 atom stereocenters. The van der Waals surface area contributed by atoms with E-state index < -0.39 is 0 Å². The summed E-state index contributed by atoms with van der Waals surface area (Å²) in [5, 5.41) is 7.82. The van der Waals surface area contributed by atoms with Crippen LogP contribution in [-0.4, -0.2) is 15.6 Å². The summed E-state index contributed by atoms with van der Waals surface area (Å²) in [4.78, 5) is 11.9. The minimum Gasteiger partial charge on any atom is -0.287 e. The largest absolute Gasteiger partial charge is 0.287 e. The van der Waals surface area contributed by atoms with Gasteiger partial charge in [-0.3, -0.25) is 9.48 Å². The molecule has 2 aromatic rings. The van der Waals surface area contributed by atoms with Crippen LogP contribution in [-0.2, 0) is 6.54 Å². The highest BCUT2D eigenvalue weighted by Gasteiger charge is 2.13. The van der Waals surface area contributed by atoms with Crippen molar-refractivity contribution in [3.63, 3.8) is 0 Å². The Bertz CT molecular complexity index is 431. The number of hydrogen-bond donors (Lipinski definition) is 0. The van der Waals surface area contributed by atoms with Gasteiger partial charge in [-0.2, -0.15) is 16.4 Å². The van der Waals surface area contributed by atoms with Gasteiger partial charge in [0.15, 0.2) is 0 Å². The molecular weight excluding hydrogens is 196 g/mol. The second-order valence-electron chi connectivity index (χ2n) is 2.87. The third-order valence-corrected chi connectivity index (χ3v) is 2.72. The zero-order valence-corrected chi connectivity index (χ0v) is 8.62. The number of hydrogen-bond acceptors (Lipinski definition) is 3. The van der Waals surface area contributed by atoms with Crippen LogP contribution in [0.1, 0.15) is 23.0 Å². The van der Waals surface area contributed by atoms with Crippen LogP contribution in [0.2, 0.25) is 0 Å². The Hall–Kier alpha value is -1.42. The topological polar surface area (TPSA) is 34.9 Å². The average molecular weight is 206 g/mol. The fourth-order valence-electron chi connectivity index (χ4n) is 1.32. The van der Waals surface area contributed by atoms with E-state index >= 15 is 0 Å². The Morgan fingerprint density at radius 1 is 1.57 bits per heavy atom. The first-order valence-electron chi connectivity index (χ1n) is 4.41. The minimum absolute atomic E-state index is 0.0469. The van der Waals surface area contributed by atoms with E-state index in [0.717, 1.165) is 12.1 Å². The molecule has 2 aromatic heterocycles. The average Bonchev–Trinajstić information content (AvgIpc) is 2.87. The quantitative estimate of drug-likeness (QED) is 0.721. The zero-order valence-electron chi connectivity index (χ0n) is 7.80. The van der Waals surface area contributed by atoms with Crippen LogP contribution < -0.4 is 0 Å². The van der Waals surface area contributed by atoms with Crippen molar-refractivity contribution in [2.75, 3.05) is 0 Å². The second-order valence-corrected chi connectivity index (χ2v) is 3.65. The van der Waals surface area contributed by atoms with Gasteiger partial charge in [-0.05, 0) is 24.4 Å². The SMILES string of the molecule is CCn1nccc1C(=O)c1ccsc1. The van der Waals surface area contributed by atoms with Crippen LogP contribution in [0, 0.1) is 0 Å². The Kier molecular flexibility index (Phi) is 2.45. The van der Waals surface area contributed by atoms with Crippen LogP contribution in [0.5, 0.6) is 0 Å². The maximum absolute atomic E-state index is 11.9. The van der Waals surface area contributed by atoms with Gasteiger partial charge in [0.05, 0.1) is 0 Å². The monoisotopic (exact) mass is 206 g/mol. The van der Waals surface area contributed by atoms with Crippen molar-refractivity contribution in [1.82, 2.24) is 9.78 Å². The van der Waals surface area contributed by atoms with E-state index in [1.54, 1.807) is 16.9 Å². The first-order chi connectivity index (χ1) is 6.83. The number of aromatic nitrogens is 2. The van der Waals surface area contributed by atoms with Crippen molar-refractivity contribution < 1.29 is 4.79 Å². The number of rotatable bonds is 3. The van der Waals surface area contributed by atoms with Crippen LogP contribution in [0.25, 0.3) is 0 Å². The number of aryl methyl sites for hydroxylation is 1. The lowest BCUT2D eigenvalue weighted by atomic mass is 10.2. The van der Waals surface area contributed by atoms with Gasteiger partial charge in [0.25, 0.3) is 0 Å². The molecule has 0 aliphatic heterocycles. The van der Waals surface area contributed by atoms with Gasteiger partial charge in [0.1, 0.15) is 5.69 Å². The number of carbonyl (C=O) groups is 1. The van der Waals surface area contributed by atoms with Crippen molar-refractivity contribution >= 4 is 17.1 Å². The summed E-state index contributed by atoms with van der Waals surface area (Å²) in [6.45, 7) is 2.69. The van der Waals surface area contributed by atoms with Crippen molar-refractivity contribution in [3.8, 4) is 0 Å². The summed E-state index contributed by atoms with van der Waals surface area (Å²) in [7, 11) is 0. The smallest absolute Gasteiger partial charge is 0.211 e. The van der Waals surface area contributed by atoms with Crippen LogP contribution in [0.3, 0.4) is 0 Å². The van der Waals surface area contributed by atoms with Crippen molar-refractivity contribution in [1.29, 1.82) is 0 Å². The summed E-state index contributed by atoms with van der Waals surface area (Å²) >= 11 is 1.53. The molecule has 0 radical (unpaired) electrons. The van der Waals surface area contributed by atoms with Gasteiger partial charge in [0.2, 0.25) is 5.78 Å². The van der Waals surface area contributed by atoms with E-state index in [9.17, 15) is 4.79 Å². The zero-order chi connectivity index (χ0) is 9.97. The normalized spacial score (nSPS) is 10.4. The summed E-state index contributed by atoms with van der Waals surface area (Å²) in [5.74, 6) is 0.0469. The molecule has 2 heterocycles. The van der Waals surface area contributed by atoms with Gasteiger partial charge in [-0.25, -0.2) is 0 Å². The van der Waals surface area contributed by atoms with Gasteiger partial charge in [-0.15, -0.1) is 0 Å². The molecule has 3 nitrogen and oxygen atoms in total. The number of thiophene rings is 1. The number of ketones is 1. The van der Waals surface area contributed by atoms with E-state index in [0.29, 0.717) is 5.69 Å². The molecule has 0 saturated carbocycles. The molecule has 0 aromatic carbocycles. The predicted octanol–water partition coefficient (Wildman–Crippen LogP) is 2.20. The third-order valence-electron chi connectivity index (χ3n) is 2.03. The maximum atomic E-state index is 11.9. The van der Waals surface area contributed by atoms with Gasteiger partial charge < -0.3 is 0 Å². The molecule has 0 bridgehead atoms. The minimum atomic E-state index is 0.0469. The van der Waals surface area contributed by atoms with Gasteiger partial charge in [0, 0.05) is 23.7 Å². The number of nitrogens with zero attached hydrogens (tertiary/aromatic N) is 2. The lowest BCUT2D eigenvalue weighted by Crippen LogP contribution is -2.09. The van der Waals surface area contributed by atoms with E-state index in [1.807, 2.05) is 23.8 Å². The van der Waals surface area contributed by atoms with Crippen LogP contribution in [0.15, 0.2) is 29.1 Å². The molecule has 4 heteroatoms. The molecular formula is C10H10N2OS. The predicted molar refractivity (Wildman–Crippen MR) is 55.7 cm³/mol. The molecule has 0 aliphatic carbocycles.